The highest BCUT2D eigenvalue weighted by Gasteiger charge is 2.33. The summed E-state index contributed by atoms with van der Waals surface area (Å²) in [6.45, 7) is 3.64. The predicted molar refractivity (Wildman–Crippen MR) is 66.7 cm³/mol. The Labute approximate surface area is 102 Å². The van der Waals surface area contributed by atoms with Gasteiger partial charge in [-0.25, -0.2) is 0 Å². The highest BCUT2D eigenvalue weighted by atomic mass is 35.5. The monoisotopic (exact) mass is 243 g/mol. The van der Waals surface area contributed by atoms with E-state index in [1.807, 2.05) is 44.2 Å². The van der Waals surface area contributed by atoms with E-state index in [4.69, 9.17) is 10.5 Å². The maximum atomic E-state index is 11.7. The summed E-state index contributed by atoms with van der Waals surface area (Å²) < 4.78 is 4.77. The molecule has 1 aromatic carbocycles. The Morgan fingerprint density at radius 2 is 1.81 bits per heavy atom. The Hall–Kier alpha value is -1.06. The molecule has 0 saturated carbocycles. The van der Waals surface area contributed by atoms with Crippen LogP contribution in [-0.4, -0.2) is 18.6 Å². The van der Waals surface area contributed by atoms with Gasteiger partial charge in [0.2, 0.25) is 0 Å². The standard InChI is InChI=1S/C12H17NO2.ClH/c1-12(2,13)10(11(14)15-3)9-7-5-4-6-8-9;/h4-8,10H,13H2,1-3H3;1H. The number of carbonyl (C=O) groups is 1. The van der Waals surface area contributed by atoms with Crippen molar-refractivity contribution in [1.29, 1.82) is 0 Å². The number of methoxy groups -OCH3 is 1. The molecule has 0 radical (unpaired) electrons. The van der Waals surface area contributed by atoms with E-state index in [2.05, 4.69) is 0 Å². The molecule has 0 aliphatic rings. The molecule has 0 saturated heterocycles. The molecule has 1 unspecified atom stereocenters. The molecule has 1 aromatic rings. The summed E-state index contributed by atoms with van der Waals surface area (Å²) in [6, 6.07) is 9.45. The van der Waals surface area contributed by atoms with Gasteiger partial charge in [-0.15, -0.1) is 12.4 Å². The molecule has 0 amide bonds. The lowest BCUT2D eigenvalue weighted by Gasteiger charge is -2.28. The van der Waals surface area contributed by atoms with Gasteiger partial charge in [0, 0.05) is 5.54 Å². The second-order valence-electron chi connectivity index (χ2n) is 4.19. The zero-order valence-electron chi connectivity index (χ0n) is 9.77. The van der Waals surface area contributed by atoms with Crippen LogP contribution in [0.1, 0.15) is 25.3 Å². The van der Waals surface area contributed by atoms with E-state index >= 15 is 0 Å². The quantitative estimate of drug-likeness (QED) is 0.828. The first-order valence-corrected chi connectivity index (χ1v) is 4.88. The summed E-state index contributed by atoms with van der Waals surface area (Å²) in [5, 5.41) is 0. The van der Waals surface area contributed by atoms with Gasteiger partial charge in [0.05, 0.1) is 13.0 Å². The molecule has 3 nitrogen and oxygen atoms in total. The number of hydrogen-bond donors (Lipinski definition) is 1. The predicted octanol–water partition coefficient (Wildman–Crippen LogP) is 2.10. The van der Waals surface area contributed by atoms with Crippen molar-refractivity contribution in [1.82, 2.24) is 0 Å². The SMILES string of the molecule is COC(=O)C(c1ccccc1)C(C)(C)N.Cl. The van der Waals surface area contributed by atoms with Gasteiger partial charge in [-0.05, 0) is 19.4 Å². The molecule has 0 aromatic heterocycles. The van der Waals surface area contributed by atoms with E-state index in [0.29, 0.717) is 0 Å². The number of benzene rings is 1. The number of carbonyl (C=O) groups excluding carboxylic acids is 1. The maximum Gasteiger partial charge on any atom is 0.315 e. The fourth-order valence-electron chi connectivity index (χ4n) is 1.63. The molecule has 0 heterocycles. The van der Waals surface area contributed by atoms with Crippen LogP contribution in [0.15, 0.2) is 30.3 Å². The molecule has 0 aliphatic carbocycles. The van der Waals surface area contributed by atoms with E-state index in [9.17, 15) is 4.79 Å². The van der Waals surface area contributed by atoms with E-state index in [1.165, 1.54) is 7.11 Å². The van der Waals surface area contributed by atoms with Crippen molar-refractivity contribution in [2.45, 2.75) is 25.3 Å². The molecular weight excluding hydrogens is 226 g/mol. The van der Waals surface area contributed by atoms with Crippen LogP contribution in [0.2, 0.25) is 0 Å². The van der Waals surface area contributed by atoms with Crippen LogP contribution in [0.25, 0.3) is 0 Å². The third-order valence-electron chi connectivity index (χ3n) is 2.31. The maximum absolute atomic E-state index is 11.7. The number of nitrogens with two attached hydrogens (primary N) is 1. The van der Waals surface area contributed by atoms with Crippen LogP contribution >= 0.6 is 12.4 Å². The molecule has 16 heavy (non-hydrogen) atoms. The zero-order valence-corrected chi connectivity index (χ0v) is 10.6. The normalized spacial score (nSPS) is 12.5. The van der Waals surface area contributed by atoms with Gasteiger partial charge in [0.15, 0.2) is 0 Å². The minimum absolute atomic E-state index is 0. The Balaban J connectivity index is 0.00000225. The van der Waals surface area contributed by atoms with Crippen molar-refractivity contribution in [3.8, 4) is 0 Å². The van der Waals surface area contributed by atoms with Gasteiger partial charge in [-0.1, -0.05) is 30.3 Å². The van der Waals surface area contributed by atoms with E-state index in [-0.39, 0.29) is 18.4 Å². The Bertz CT molecular complexity index is 333. The fraction of sp³-hybridized carbons (Fsp3) is 0.417. The van der Waals surface area contributed by atoms with Crippen molar-refractivity contribution in [2.75, 3.05) is 7.11 Å². The van der Waals surface area contributed by atoms with Crippen LogP contribution in [-0.2, 0) is 9.53 Å². The number of halogens is 1. The minimum Gasteiger partial charge on any atom is -0.468 e. The highest BCUT2D eigenvalue weighted by Crippen LogP contribution is 2.27. The Kier molecular flexibility index (Phi) is 5.48. The van der Waals surface area contributed by atoms with E-state index in [1.54, 1.807) is 0 Å². The molecule has 90 valence electrons. The largest absolute Gasteiger partial charge is 0.468 e. The number of rotatable bonds is 3. The first-order chi connectivity index (χ1) is 6.96. The lowest BCUT2D eigenvalue weighted by molar-refractivity contribution is -0.143. The van der Waals surface area contributed by atoms with E-state index in [0.717, 1.165) is 5.56 Å². The molecule has 0 aliphatic heterocycles. The number of hydrogen-bond acceptors (Lipinski definition) is 3. The minimum atomic E-state index is -0.631. The lowest BCUT2D eigenvalue weighted by atomic mass is 9.83. The van der Waals surface area contributed by atoms with Crippen molar-refractivity contribution in [3.05, 3.63) is 35.9 Å². The smallest absolute Gasteiger partial charge is 0.315 e. The average molecular weight is 244 g/mol. The molecule has 0 fully saturated rings. The molecule has 1 rings (SSSR count). The second-order valence-corrected chi connectivity index (χ2v) is 4.19. The zero-order chi connectivity index (χ0) is 11.5. The van der Waals surface area contributed by atoms with Crippen LogP contribution in [0.3, 0.4) is 0 Å². The average Bonchev–Trinajstić information content (AvgIpc) is 2.17. The second kappa shape index (κ2) is 5.87. The number of esters is 1. The van der Waals surface area contributed by atoms with Gasteiger partial charge < -0.3 is 10.5 Å². The van der Waals surface area contributed by atoms with Crippen molar-refractivity contribution < 1.29 is 9.53 Å². The third kappa shape index (κ3) is 3.51. The van der Waals surface area contributed by atoms with E-state index < -0.39 is 11.5 Å². The molecule has 2 N–H and O–H groups in total. The topological polar surface area (TPSA) is 52.3 Å². The molecule has 0 spiro atoms. The van der Waals surface area contributed by atoms with Crippen molar-refractivity contribution in [3.63, 3.8) is 0 Å². The summed E-state index contributed by atoms with van der Waals surface area (Å²) in [7, 11) is 1.38. The van der Waals surface area contributed by atoms with Crippen LogP contribution in [0.5, 0.6) is 0 Å². The summed E-state index contributed by atoms with van der Waals surface area (Å²) in [4.78, 5) is 11.7. The van der Waals surface area contributed by atoms with Gasteiger partial charge in [-0.2, -0.15) is 0 Å². The number of ether oxygens (including phenoxy) is 1. The van der Waals surface area contributed by atoms with Crippen molar-refractivity contribution >= 4 is 18.4 Å². The van der Waals surface area contributed by atoms with Crippen LogP contribution in [0.4, 0.5) is 0 Å². The summed E-state index contributed by atoms with van der Waals surface area (Å²) in [6.07, 6.45) is 0. The fourth-order valence-corrected chi connectivity index (χ4v) is 1.63. The summed E-state index contributed by atoms with van der Waals surface area (Å²) in [5.74, 6) is -0.725. The Morgan fingerprint density at radius 1 is 1.31 bits per heavy atom. The molecule has 0 bridgehead atoms. The molecule has 1 atom stereocenters. The van der Waals surface area contributed by atoms with Crippen molar-refractivity contribution in [2.24, 2.45) is 5.73 Å². The van der Waals surface area contributed by atoms with Gasteiger partial charge in [0.1, 0.15) is 0 Å². The lowest BCUT2D eigenvalue weighted by Crippen LogP contribution is -2.43. The summed E-state index contributed by atoms with van der Waals surface area (Å²) in [5.41, 5.74) is 6.24. The first-order valence-electron chi connectivity index (χ1n) is 4.88. The van der Waals surface area contributed by atoms with Crippen LogP contribution < -0.4 is 5.73 Å². The highest BCUT2D eigenvalue weighted by molar-refractivity contribution is 5.85. The van der Waals surface area contributed by atoms with Crippen LogP contribution in [0, 0.1) is 0 Å². The van der Waals surface area contributed by atoms with Gasteiger partial charge >= 0.3 is 5.97 Å². The third-order valence-corrected chi connectivity index (χ3v) is 2.31. The Morgan fingerprint density at radius 3 is 2.19 bits per heavy atom. The first kappa shape index (κ1) is 14.9. The molecule has 4 heteroatoms. The molecular formula is C12H18ClNO2. The van der Waals surface area contributed by atoms with Gasteiger partial charge in [0.25, 0.3) is 0 Å². The van der Waals surface area contributed by atoms with Gasteiger partial charge in [-0.3, -0.25) is 4.79 Å². The summed E-state index contributed by atoms with van der Waals surface area (Å²) >= 11 is 0.